The van der Waals surface area contributed by atoms with Crippen LogP contribution in [0, 0.1) is 0 Å². The van der Waals surface area contributed by atoms with E-state index in [0.29, 0.717) is 37.8 Å². The minimum atomic E-state index is -3.58. The van der Waals surface area contributed by atoms with Crippen molar-refractivity contribution in [2.75, 3.05) is 32.1 Å². The summed E-state index contributed by atoms with van der Waals surface area (Å²) in [5.41, 5.74) is 5.74. The highest BCUT2D eigenvalue weighted by atomic mass is 32.2. The Kier molecular flexibility index (Phi) is 6.03. The third kappa shape index (κ3) is 4.29. The lowest BCUT2D eigenvalue weighted by atomic mass is 10.0. The van der Waals surface area contributed by atoms with E-state index < -0.39 is 9.84 Å². The van der Waals surface area contributed by atoms with Crippen LogP contribution < -0.4 is 15.2 Å². The number of carbonyl (C=O) groups is 1. The topological polar surface area (TPSA) is 98.9 Å². The average Bonchev–Trinajstić information content (AvgIpc) is 2.91. The van der Waals surface area contributed by atoms with Crippen molar-refractivity contribution in [1.29, 1.82) is 0 Å². The first-order chi connectivity index (χ1) is 12.5. The molecule has 8 heteroatoms. The second kappa shape index (κ2) is 8.26. The number of hydrogen-bond acceptors (Lipinski definition) is 6. The lowest BCUT2D eigenvalue weighted by Gasteiger charge is -2.35. The Bertz CT molecular complexity index is 750. The van der Waals surface area contributed by atoms with Gasteiger partial charge in [-0.3, -0.25) is 4.79 Å². The summed E-state index contributed by atoms with van der Waals surface area (Å²) >= 11 is 0. The minimum Gasteiger partial charge on any atom is -0.490 e. The van der Waals surface area contributed by atoms with Crippen molar-refractivity contribution in [2.24, 2.45) is 5.73 Å². The molecule has 3 rings (SSSR count). The van der Waals surface area contributed by atoms with Gasteiger partial charge in [0.2, 0.25) is 5.91 Å². The number of ether oxygens (including phenoxy) is 2. The van der Waals surface area contributed by atoms with Crippen molar-refractivity contribution >= 4 is 15.7 Å². The smallest absolute Gasteiger partial charge is 0.223 e. The summed E-state index contributed by atoms with van der Waals surface area (Å²) in [4.78, 5) is 14.4. The van der Waals surface area contributed by atoms with Crippen molar-refractivity contribution in [3.05, 3.63) is 18.2 Å². The quantitative estimate of drug-likeness (QED) is 0.825. The molecule has 1 fully saturated rings. The minimum absolute atomic E-state index is 0.0250. The molecule has 0 aliphatic carbocycles. The van der Waals surface area contributed by atoms with Crippen molar-refractivity contribution in [3.8, 4) is 11.5 Å². The van der Waals surface area contributed by atoms with Crippen LogP contribution in [0.4, 0.5) is 0 Å². The lowest BCUT2D eigenvalue weighted by Crippen LogP contribution is -2.47. The van der Waals surface area contributed by atoms with E-state index in [1.807, 2.05) is 0 Å². The van der Waals surface area contributed by atoms with E-state index in [2.05, 4.69) is 0 Å². The number of rotatable bonds is 5. The largest absolute Gasteiger partial charge is 0.490 e. The Labute approximate surface area is 154 Å². The molecular formula is C18H26N2O5S. The molecule has 1 unspecified atom stereocenters. The number of fused-ring (bicyclic) bond motifs is 1. The van der Waals surface area contributed by atoms with Gasteiger partial charge >= 0.3 is 0 Å². The standard InChI is InChI=1S/C18H26N2O5S/c19-13-14-4-1-2-8-20(14)18(21)7-11-26(22,23)15-5-6-16-17(12-15)25-10-3-9-24-16/h5-6,12,14H,1-4,7-11,13,19H2. The van der Waals surface area contributed by atoms with Crippen LogP contribution in [0.2, 0.25) is 0 Å². The first-order valence-corrected chi connectivity index (χ1v) is 10.8. The number of piperidine rings is 1. The zero-order valence-corrected chi connectivity index (χ0v) is 15.7. The molecule has 2 heterocycles. The highest BCUT2D eigenvalue weighted by molar-refractivity contribution is 7.91. The number of nitrogens with two attached hydrogens (primary N) is 1. The van der Waals surface area contributed by atoms with Crippen LogP contribution >= 0.6 is 0 Å². The average molecular weight is 382 g/mol. The van der Waals surface area contributed by atoms with E-state index in [1.165, 1.54) is 12.1 Å². The highest BCUT2D eigenvalue weighted by Gasteiger charge is 2.27. The van der Waals surface area contributed by atoms with Crippen LogP contribution in [0.25, 0.3) is 0 Å². The molecule has 0 spiro atoms. The number of hydrogen-bond donors (Lipinski definition) is 1. The summed E-state index contributed by atoms with van der Waals surface area (Å²) in [6, 6.07) is 4.64. The maximum atomic E-state index is 12.7. The van der Waals surface area contributed by atoms with Gasteiger partial charge in [-0.15, -0.1) is 0 Å². The molecule has 0 aromatic heterocycles. The highest BCUT2D eigenvalue weighted by Crippen LogP contribution is 2.32. The number of likely N-dealkylation sites (tertiary alicyclic amines) is 1. The second-order valence-corrected chi connectivity index (χ2v) is 8.81. The fraction of sp³-hybridized carbons (Fsp3) is 0.611. The SMILES string of the molecule is NCC1CCCCN1C(=O)CCS(=O)(=O)c1ccc2c(c1)OCCCO2. The summed E-state index contributed by atoms with van der Waals surface area (Å²) in [6.07, 6.45) is 3.60. The van der Waals surface area contributed by atoms with Crippen LogP contribution in [-0.2, 0) is 14.6 Å². The summed E-state index contributed by atoms with van der Waals surface area (Å²) in [5, 5.41) is 0. The Balaban J connectivity index is 1.67. The van der Waals surface area contributed by atoms with E-state index in [4.69, 9.17) is 15.2 Å². The third-order valence-electron chi connectivity index (χ3n) is 4.88. The Morgan fingerprint density at radius 1 is 1.15 bits per heavy atom. The normalized spacial score (nSPS) is 20.5. The Morgan fingerprint density at radius 2 is 1.92 bits per heavy atom. The number of nitrogens with zero attached hydrogens (tertiary/aromatic N) is 1. The maximum absolute atomic E-state index is 12.7. The Morgan fingerprint density at radius 3 is 2.69 bits per heavy atom. The first kappa shape index (κ1) is 19.0. The predicted octanol–water partition coefficient (Wildman–Crippen LogP) is 1.35. The van der Waals surface area contributed by atoms with Gasteiger partial charge in [0.05, 0.1) is 23.9 Å². The second-order valence-electron chi connectivity index (χ2n) is 6.70. The molecule has 1 saturated heterocycles. The predicted molar refractivity (Wildman–Crippen MR) is 97.1 cm³/mol. The van der Waals surface area contributed by atoms with E-state index >= 15 is 0 Å². The van der Waals surface area contributed by atoms with Gasteiger partial charge in [-0.2, -0.15) is 0 Å². The monoisotopic (exact) mass is 382 g/mol. The van der Waals surface area contributed by atoms with Gasteiger partial charge < -0.3 is 20.1 Å². The van der Waals surface area contributed by atoms with Crippen LogP contribution in [0.5, 0.6) is 11.5 Å². The number of carbonyl (C=O) groups excluding carboxylic acids is 1. The Hall–Kier alpha value is -1.80. The molecule has 1 aromatic rings. The van der Waals surface area contributed by atoms with Gasteiger partial charge in [0.15, 0.2) is 21.3 Å². The molecule has 1 aromatic carbocycles. The molecule has 26 heavy (non-hydrogen) atoms. The van der Waals surface area contributed by atoms with Crippen LogP contribution in [0.1, 0.15) is 32.1 Å². The fourth-order valence-electron chi connectivity index (χ4n) is 3.39. The zero-order valence-electron chi connectivity index (χ0n) is 14.9. The van der Waals surface area contributed by atoms with Crippen LogP contribution in [-0.4, -0.2) is 57.3 Å². The number of benzene rings is 1. The molecule has 2 aliphatic rings. The molecule has 1 atom stereocenters. The first-order valence-electron chi connectivity index (χ1n) is 9.13. The van der Waals surface area contributed by atoms with Crippen molar-refractivity contribution in [1.82, 2.24) is 4.90 Å². The fourth-order valence-corrected chi connectivity index (χ4v) is 4.64. The molecule has 0 radical (unpaired) electrons. The summed E-state index contributed by atoms with van der Waals surface area (Å²) in [5.74, 6) is 0.628. The molecule has 0 bridgehead atoms. The van der Waals surface area contributed by atoms with E-state index in [-0.39, 0.29) is 29.0 Å². The summed E-state index contributed by atoms with van der Waals surface area (Å²) in [7, 11) is -3.58. The van der Waals surface area contributed by atoms with E-state index in [0.717, 1.165) is 25.7 Å². The third-order valence-corrected chi connectivity index (χ3v) is 6.60. The molecule has 2 aliphatic heterocycles. The molecule has 1 amide bonds. The summed E-state index contributed by atoms with van der Waals surface area (Å²) < 4.78 is 36.4. The van der Waals surface area contributed by atoms with Gasteiger partial charge in [-0.05, 0) is 31.4 Å². The van der Waals surface area contributed by atoms with Gasteiger partial charge in [-0.25, -0.2) is 8.42 Å². The van der Waals surface area contributed by atoms with Crippen molar-refractivity contribution in [3.63, 3.8) is 0 Å². The molecule has 144 valence electrons. The zero-order chi connectivity index (χ0) is 18.6. The molecule has 2 N–H and O–H groups in total. The number of sulfone groups is 1. The molecule has 0 saturated carbocycles. The van der Waals surface area contributed by atoms with E-state index in [9.17, 15) is 13.2 Å². The van der Waals surface area contributed by atoms with Gasteiger partial charge in [-0.1, -0.05) is 0 Å². The van der Waals surface area contributed by atoms with Gasteiger partial charge in [0, 0.05) is 38.0 Å². The maximum Gasteiger partial charge on any atom is 0.223 e. The molecule has 7 nitrogen and oxygen atoms in total. The lowest BCUT2D eigenvalue weighted by molar-refractivity contribution is -0.134. The number of amides is 1. The van der Waals surface area contributed by atoms with Crippen LogP contribution in [0.15, 0.2) is 23.1 Å². The van der Waals surface area contributed by atoms with Crippen LogP contribution in [0.3, 0.4) is 0 Å². The van der Waals surface area contributed by atoms with Crippen molar-refractivity contribution < 1.29 is 22.7 Å². The van der Waals surface area contributed by atoms with Crippen molar-refractivity contribution in [2.45, 2.75) is 43.0 Å². The molecular weight excluding hydrogens is 356 g/mol. The van der Waals surface area contributed by atoms with Gasteiger partial charge in [0.25, 0.3) is 0 Å². The van der Waals surface area contributed by atoms with E-state index in [1.54, 1.807) is 11.0 Å². The summed E-state index contributed by atoms with van der Waals surface area (Å²) in [6.45, 7) is 2.11. The van der Waals surface area contributed by atoms with Gasteiger partial charge in [0.1, 0.15) is 0 Å².